The summed E-state index contributed by atoms with van der Waals surface area (Å²) in [5.74, 6) is 0. The third kappa shape index (κ3) is 5.91. The van der Waals surface area contributed by atoms with Crippen LogP contribution in [0.3, 0.4) is 0 Å². The topological polar surface area (TPSA) is 8.17 Å². The molecule has 0 saturated carbocycles. The first-order valence-corrected chi connectivity index (χ1v) is 23.4. The molecule has 0 fully saturated rings. The van der Waals surface area contributed by atoms with E-state index < -0.39 is 0 Å². The molecule has 0 N–H and O–H groups in total. The van der Waals surface area contributed by atoms with Gasteiger partial charge in [-0.2, -0.15) is 0 Å². The molecule has 0 radical (unpaired) electrons. The number of benzene rings is 10. The third-order valence-electron chi connectivity index (χ3n) is 12.8. The Morgan fingerprint density at radius 3 is 1.58 bits per heavy atom. The van der Waals surface area contributed by atoms with Crippen molar-refractivity contribution in [1.82, 2.24) is 4.57 Å². The molecule has 0 atom stereocenters. The highest BCUT2D eigenvalue weighted by atomic mass is 32.1. The van der Waals surface area contributed by atoms with Gasteiger partial charge in [0.25, 0.3) is 0 Å². The monoisotopic (exact) mass is 850 g/mol. The quantitative estimate of drug-likeness (QED) is 0.155. The lowest BCUT2D eigenvalue weighted by Crippen LogP contribution is -2.11. The smallest absolute Gasteiger partial charge is 0.0562 e. The highest BCUT2D eigenvalue weighted by Crippen LogP contribution is 2.52. The van der Waals surface area contributed by atoms with Crippen LogP contribution in [0.5, 0.6) is 0 Å². The van der Waals surface area contributed by atoms with E-state index in [9.17, 15) is 0 Å². The first-order chi connectivity index (χ1) is 31.7. The average Bonchev–Trinajstić information content (AvgIpc) is 4.05. The number of aromatic nitrogens is 1. The van der Waals surface area contributed by atoms with Crippen molar-refractivity contribution in [2.45, 2.75) is 0 Å². The highest BCUT2D eigenvalue weighted by Gasteiger charge is 2.25. The van der Waals surface area contributed by atoms with Crippen molar-refractivity contribution in [2.24, 2.45) is 0 Å². The van der Waals surface area contributed by atoms with Crippen molar-refractivity contribution < 1.29 is 0 Å². The molecule has 0 bridgehead atoms. The Kier molecular flexibility index (Phi) is 8.61. The lowest BCUT2D eigenvalue weighted by atomic mass is 9.98. The summed E-state index contributed by atoms with van der Waals surface area (Å²) < 4.78 is 7.53. The second-order valence-corrected chi connectivity index (χ2v) is 18.6. The molecule has 3 heterocycles. The van der Waals surface area contributed by atoms with Crippen molar-refractivity contribution in [1.29, 1.82) is 0 Å². The molecule has 0 aliphatic carbocycles. The van der Waals surface area contributed by atoms with Gasteiger partial charge in [-0.15, -0.1) is 22.7 Å². The number of para-hydroxylation sites is 2. The lowest BCUT2D eigenvalue weighted by molar-refractivity contribution is 1.18. The molecule has 0 aliphatic rings. The zero-order valence-corrected chi connectivity index (χ0v) is 36.3. The maximum absolute atomic E-state index is 2.55. The van der Waals surface area contributed by atoms with Gasteiger partial charge in [-0.25, -0.2) is 0 Å². The molecule has 0 amide bonds. The van der Waals surface area contributed by atoms with Gasteiger partial charge in [0.05, 0.1) is 22.4 Å². The van der Waals surface area contributed by atoms with E-state index in [1.165, 1.54) is 95.5 Å². The highest BCUT2D eigenvalue weighted by molar-refractivity contribution is 7.26. The van der Waals surface area contributed by atoms with Gasteiger partial charge in [0.15, 0.2) is 0 Å². The number of hydrogen-bond acceptors (Lipinski definition) is 3. The van der Waals surface area contributed by atoms with E-state index >= 15 is 0 Å². The van der Waals surface area contributed by atoms with E-state index in [-0.39, 0.29) is 0 Å². The summed E-state index contributed by atoms with van der Waals surface area (Å²) >= 11 is 3.78. The SMILES string of the molecule is c1ccc(-c2ccc3c(c2)sc2cc(N(c4ccc(-c5ccccc5)c5sc6cc(-c7ccccc7)ccc6c45)c4cccc5c4c4ccccc4n5-c4ccccc4)ccc23)cc1. The fourth-order valence-corrected chi connectivity index (χ4v) is 12.3. The normalized spacial score (nSPS) is 11.8. The van der Waals surface area contributed by atoms with Crippen LogP contribution in [0.1, 0.15) is 0 Å². The van der Waals surface area contributed by atoms with Gasteiger partial charge in [-0.05, 0) is 94.0 Å². The Balaban J connectivity index is 1.11. The van der Waals surface area contributed by atoms with Crippen molar-refractivity contribution >= 4 is 102 Å². The van der Waals surface area contributed by atoms with E-state index in [2.05, 4.69) is 240 Å². The molecule has 2 nitrogen and oxygen atoms in total. The van der Waals surface area contributed by atoms with Gasteiger partial charge in [0.1, 0.15) is 0 Å². The molecule has 0 aliphatic heterocycles. The van der Waals surface area contributed by atoms with Crippen LogP contribution in [-0.2, 0) is 0 Å². The zero-order chi connectivity index (χ0) is 42.1. The summed E-state index contributed by atoms with van der Waals surface area (Å²) in [7, 11) is 0. The van der Waals surface area contributed by atoms with E-state index in [0.29, 0.717) is 0 Å². The standard InChI is InChI=1S/C60H38N2S2/c1-5-16-39(17-6-1)42-28-31-47-48-33-30-45(38-57(48)63-55(47)36-42)62(53-27-15-26-52-58(53)49-24-13-14-25-51(49)61(52)44-22-11-4-12-23-44)54-35-34-46(41-20-9-3-10-21-41)60-59(54)50-32-29-43(37-56(50)64-60)40-18-7-2-8-19-40/h1-38H. The van der Waals surface area contributed by atoms with Gasteiger partial charge < -0.3 is 9.47 Å². The van der Waals surface area contributed by atoms with Crippen LogP contribution in [0.4, 0.5) is 17.1 Å². The van der Waals surface area contributed by atoms with E-state index in [1.54, 1.807) is 0 Å². The second kappa shape index (κ2) is 15.0. The molecule has 0 spiro atoms. The van der Waals surface area contributed by atoms with Crippen LogP contribution in [0.25, 0.3) is 101 Å². The molecule has 10 aromatic carbocycles. The number of nitrogens with zero attached hydrogens (tertiary/aromatic N) is 2. The molecule has 3 aromatic heterocycles. The summed E-state index contributed by atoms with van der Waals surface area (Å²) in [5, 5.41) is 7.52. The molecule has 0 unspecified atom stereocenters. The zero-order valence-electron chi connectivity index (χ0n) is 34.7. The minimum absolute atomic E-state index is 1.13. The molecular formula is C60H38N2S2. The number of anilines is 3. The molecule has 13 aromatic rings. The maximum Gasteiger partial charge on any atom is 0.0562 e. The molecule has 0 saturated heterocycles. The lowest BCUT2D eigenvalue weighted by Gasteiger charge is -2.28. The molecule has 4 heteroatoms. The summed E-state index contributed by atoms with van der Waals surface area (Å²) in [6, 6.07) is 84.6. The minimum atomic E-state index is 1.13. The van der Waals surface area contributed by atoms with Crippen LogP contribution in [-0.4, -0.2) is 4.57 Å². The average molecular weight is 851 g/mol. The fraction of sp³-hybridized carbons (Fsp3) is 0. The second-order valence-electron chi connectivity index (χ2n) is 16.4. The first kappa shape index (κ1) is 36.9. The van der Waals surface area contributed by atoms with E-state index in [1.807, 2.05) is 22.7 Å². The van der Waals surface area contributed by atoms with Crippen LogP contribution < -0.4 is 4.90 Å². The number of fused-ring (bicyclic) bond motifs is 9. The molecular weight excluding hydrogens is 813 g/mol. The number of thiophene rings is 2. The van der Waals surface area contributed by atoms with Gasteiger partial charge >= 0.3 is 0 Å². The van der Waals surface area contributed by atoms with Gasteiger partial charge in [0.2, 0.25) is 0 Å². The van der Waals surface area contributed by atoms with Crippen molar-refractivity contribution in [2.75, 3.05) is 4.90 Å². The fourth-order valence-electron chi connectivity index (χ4n) is 9.87. The molecule has 300 valence electrons. The summed E-state index contributed by atoms with van der Waals surface area (Å²) in [4.78, 5) is 2.55. The summed E-state index contributed by atoms with van der Waals surface area (Å²) in [5.41, 5.74) is 14.3. The Morgan fingerprint density at radius 2 is 0.875 bits per heavy atom. The summed E-state index contributed by atoms with van der Waals surface area (Å²) in [6.45, 7) is 0. The van der Waals surface area contributed by atoms with E-state index in [0.717, 1.165) is 22.7 Å². The van der Waals surface area contributed by atoms with Crippen LogP contribution in [0.15, 0.2) is 231 Å². The molecule has 13 rings (SSSR count). The Labute approximate surface area is 378 Å². The maximum atomic E-state index is 2.55. The van der Waals surface area contributed by atoms with Crippen molar-refractivity contribution in [3.63, 3.8) is 0 Å². The predicted molar refractivity (Wildman–Crippen MR) is 278 cm³/mol. The van der Waals surface area contributed by atoms with E-state index in [4.69, 9.17) is 0 Å². The Hall–Kier alpha value is -7.76. The van der Waals surface area contributed by atoms with Gasteiger partial charge in [0, 0.05) is 62.5 Å². The third-order valence-corrected chi connectivity index (χ3v) is 15.1. The van der Waals surface area contributed by atoms with Crippen molar-refractivity contribution in [3.05, 3.63) is 231 Å². The molecule has 64 heavy (non-hydrogen) atoms. The number of hydrogen-bond donors (Lipinski definition) is 0. The largest absolute Gasteiger partial charge is 0.309 e. The van der Waals surface area contributed by atoms with Crippen LogP contribution >= 0.6 is 22.7 Å². The number of rotatable bonds is 7. The van der Waals surface area contributed by atoms with Crippen molar-refractivity contribution in [3.8, 4) is 39.1 Å². The Morgan fingerprint density at radius 1 is 0.328 bits per heavy atom. The first-order valence-electron chi connectivity index (χ1n) is 21.7. The van der Waals surface area contributed by atoms with Crippen LogP contribution in [0.2, 0.25) is 0 Å². The Bertz CT molecular complexity index is 3880. The summed E-state index contributed by atoms with van der Waals surface area (Å²) in [6.07, 6.45) is 0. The predicted octanol–water partition coefficient (Wildman–Crippen LogP) is 18.0. The minimum Gasteiger partial charge on any atom is -0.309 e. The van der Waals surface area contributed by atoms with Gasteiger partial charge in [-0.3, -0.25) is 0 Å². The van der Waals surface area contributed by atoms with Gasteiger partial charge in [-0.1, -0.05) is 170 Å². The van der Waals surface area contributed by atoms with Crippen LogP contribution in [0, 0.1) is 0 Å².